The molecule has 0 unspecified atom stereocenters. The third-order valence-corrected chi connectivity index (χ3v) is 22.9. The van der Waals surface area contributed by atoms with Crippen molar-refractivity contribution in [3.8, 4) is 0 Å². The SMILES string of the molecule is CC[C@H](C)[C@H](NC(=O)[C@H](CCCNC(=N)N)NC(=O)[C@@H](NC(=O)[C@H](CCCCN)NC(=O)[C@H](CC(N)=O)NC(=O)[C@H](CO)NC(=O)[C@H](CC(=O)O)NC(=O)[C@H](C)N)[C@@H](C)O)C(=O)N[C@@H](CC(=O)O)C(=O)N[C@@H](CCC(=O)O)C(=O)N[C@@H](C)C(=O)N[C@@H](CC(N)=O)C(=O)N[C@@H](CCC(N)=O)C(=O)N[C@@H](CCCNC(=N)N)C(=O)N[C@@H](C)C(=O)N[C@H](C(=O)N[C@@H](CCCCN)C(=O)N[C@@H](CCSC)C(=O)N[C@@H](CC(C)C)C(=O)O)[C@@H](C)O. The molecular formula is C87H152N30O32S. The fraction of sp³-hybridized carbons (Fsp3) is 0.690. The molecule has 0 aliphatic heterocycles. The van der Waals surface area contributed by atoms with Gasteiger partial charge in [0.2, 0.25) is 124 Å². The maximum absolute atomic E-state index is 14.7. The largest absolute Gasteiger partial charge is 0.481 e. The number of primary amides is 3. The Morgan fingerprint density at radius 2 is 0.587 bits per heavy atom. The zero-order valence-electron chi connectivity index (χ0n) is 85.2. The summed E-state index contributed by atoms with van der Waals surface area (Å²) in [5.74, 6) is -34.4. The van der Waals surface area contributed by atoms with Crippen molar-refractivity contribution in [2.24, 2.45) is 57.7 Å². The minimum atomic E-state index is -2.25. The zero-order valence-corrected chi connectivity index (χ0v) is 86.1. The molecule has 0 rings (SSSR count). The van der Waals surface area contributed by atoms with Crippen LogP contribution in [0.2, 0.25) is 0 Å². The second kappa shape index (κ2) is 71.1. The molecule has 848 valence electrons. The summed E-state index contributed by atoms with van der Waals surface area (Å²) in [5.41, 5.74) is 44.2. The van der Waals surface area contributed by atoms with Gasteiger partial charge in [0.15, 0.2) is 11.9 Å². The van der Waals surface area contributed by atoms with Crippen molar-refractivity contribution in [3.63, 3.8) is 0 Å². The Labute approximate surface area is 867 Å². The van der Waals surface area contributed by atoms with Crippen LogP contribution >= 0.6 is 11.8 Å². The summed E-state index contributed by atoms with van der Waals surface area (Å²) < 4.78 is 0. The van der Waals surface area contributed by atoms with E-state index in [9.17, 15) is 156 Å². The highest BCUT2D eigenvalue weighted by Gasteiger charge is 2.43. The lowest BCUT2D eigenvalue weighted by Gasteiger charge is -2.30. The van der Waals surface area contributed by atoms with Gasteiger partial charge in [-0.1, -0.05) is 34.1 Å². The quantitative estimate of drug-likeness (QED) is 0.0153. The Kier molecular flexibility index (Phi) is 64.2. The maximum atomic E-state index is 14.7. The molecule has 0 saturated carbocycles. The van der Waals surface area contributed by atoms with Gasteiger partial charge in [-0.2, -0.15) is 11.8 Å². The number of guanidine groups is 2. The van der Waals surface area contributed by atoms with Crippen LogP contribution in [0.3, 0.4) is 0 Å². The summed E-state index contributed by atoms with van der Waals surface area (Å²) in [4.78, 5) is 338. The van der Waals surface area contributed by atoms with Crippen molar-refractivity contribution in [1.82, 2.24) is 106 Å². The summed E-state index contributed by atoms with van der Waals surface area (Å²) in [6, 6.07) is -34.3. The van der Waals surface area contributed by atoms with Crippen molar-refractivity contribution in [3.05, 3.63) is 0 Å². The zero-order chi connectivity index (χ0) is 115. The standard InChI is InChI=1S/C87H152N30O32S/c1-11-39(4)64(115-75(138)48(21-17-30-99-87(96)97)108-84(147)66(44(9)120)117-76(139)46(19-13-15-28-89)103-78(141)53(34-60(93)123)111-81(144)57(37-118)114-80(143)54(35-62(126)127)109-67(130)40(5)90)82(145)112-55(36-63(128)129)79(142)105-50(23-25-61(124)125)71(134)100-41(6)68(131)110-52(33-59(92)122)77(140)104-49(22-24-58(91)121)73(136)102-47(20-16-29-98-86(94)95)70(133)101-42(7)69(132)116-65(43(8)119)83(146)107-45(18-12-14-27-88)72(135)106-51(26-31-150-10)74(137)113-56(85(148)149)32-38(2)3/h38-57,64-66,118-120H,11-37,88-90H2,1-10H3,(H2,91,121)(H2,92,122)(H2,93,123)(H,100,134)(H,101,133)(H,102,136)(H,103,141)(H,104,140)(H,105,142)(H,106,135)(H,107,146)(H,108,147)(H,109,130)(H,110,131)(H,111,144)(H,112,145)(H,113,137)(H,114,143)(H,115,138)(H,116,132)(H,117,139)(H,124,125)(H,126,127)(H,128,129)(H,148,149)(H4,94,95,98)(H4,96,97,99)/t39-,40-,41-,42-,43+,44+,45-,46-,47-,48-,49-,50-,51-,52-,53-,54-,55-,56-,57-,64-,65-,66-/m0/s1. The van der Waals surface area contributed by atoms with Gasteiger partial charge in [-0.25, -0.2) is 4.79 Å². The molecule has 21 amide bonds. The predicted molar refractivity (Wildman–Crippen MR) is 531 cm³/mol. The molecule has 0 spiro atoms. The van der Waals surface area contributed by atoms with E-state index in [0.717, 1.165) is 27.7 Å². The summed E-state index contributed by atoms with van der Waals surface area (Å²) in [7, 11) is 0. The van der Waals surface area contributed by atoms with Crippen molar-refractivity contribution < 1.29 is 156 Å². The van der Waals surface area contributed by atoms with E-state index in [1.807, 2.05) is 5.32 Å². The number of amides is 21. The Bertz CT molecular complexity index is 4630. The van der Waals surface area contributed by atoms with Crippen LogP contribution in [0.15, 0.2) is 0 Å². The number of carbonyl (C=O) groups is 25. The van der Waals surface area contributed by atoms with Gasteiger partial charge in [0, 0.05) is 25.9 Å². The normalized spacial score (nSPS) is 15.4. The summed E-state index contributed by atoms with van der Waals surface area (Å²) in [5, 5.41) is 132. The topological polar surface area (TPSA) is 1060 Å². The first-order valence-corrected chi connectivity index (χ1v) is 49.5. The van der Waals surface area contributed by atoms with Crippen LogP contribution in [0.5, 0.6) is 0 Å². The first-order chi connectivity index (χ1) is 70.1. The molecule has 0 bridgehead atoms. The van der Waals surface area contributed by atoms with E-state index in [1.165, 1.54) is 32.5 Å². The van der Waals surface area contributed by atoms with Crippen LogP contribution in [0.1, 0.15) is 197 Å². The highest BCUT2D eigenvalue weighted by atomic mass is 32.2. The number of hydrogen-bond acceptors (Lipinski definition) is 34. The first kappa shape index (κ1) is 135. The highest BCUT2D eigenvalue weighted by Crippen LogP contribution is 2.17. The first-order valence-electron chi connectivity index (χ1n) is 48.1. The molecule has 0 saturated heterocycles. The number of nitrogens with two attached hydrogens (primary N) is 8. The van der Waals surface area contributed by atoms with E-state index < -0.39 is 357 Å². The second-order valence-corrected chi connectivity index (χ2v) is 36.8. The number of aliphatic hydroxyl groups is 3. The smallest absolute Gasteiger partial charge is 0.326 e. The average molecular weight is 2160 g/mol. The van der Waals surface area contributed by atoms with Gasteiger partial charge in [-0.15, -0.1) is 0 Å². The van der Waals surface area contributed by atoms with Gasteiger partial charge in [0.25, 0.3) is 0 Å². The van der Waals surface area contributed by atoms with Crippen molar-refractivity contribution in [2.75, 3.05) is 44.8 Å². The van der Waals surface area contributed by atoms with Crippen molar-refractivity contribution >= 4 is 172 Å². The molecule has 0 fully saturated rings. The minimum Gasteiger partial charge on any atom is -0.481 e. The van der Waals surface area contributed by atoms with Crippen LogP contribution in [0.4, 0.5) is 0 Å². The molecule has 45 N–H and O–H groups in total. The van der Waals surface area contributed by atoms with Gasteiger partial charge < -0.3 is 188 Å². The molecule has 0 heterocycles. The number of hydrogen-bond donors (Lipinski definition) is 37. The Balaban J connectivity index is 7.39. The molecule has 0 aliphatic carbocycles. The molecule has 63 heteroatoms. The Morgan fingerprint density at radius 1 is 0.307 bits per heavy atom. The number of carboxylic acid groups (broad SMARTS) is 4. The number of aliphatic hydroxyl groups excluding tert-OH is 3. The third-order valence-electron chi connectivity index (χ3n) is 22.3. The number of thioether (sulfide) groups is 1. The minimum absolute atomic E-state index is 0.00876. The predicted octanol–water partition coefficient (Wildman–Crippen LogP) is -14.6. The number of carboxylic acids is 4. The fourth-order valence-corrected chi connectivity index (χ4v) is 14.3. The Hall–Kier alpha value is -14.6. The van der Waals surface area contributed by atoms with Gasteiger partial charge in [0.1, 0.15) is 109 Å². The molecule has 0 aromatic carbocycles. The summed E-state index contributed by atoms with van der Waals surface area (Å²) in [6.07, 6.45) is -10.3. The monoisotopic (exact) mass is 2160 g/mol. The highest BCUT2D eigenvalue weighted by molar-refractivity contribution is 7.98. The molecular weight excluding hydrogens is 2010 g/mol. The van der Waals surface area contributed by atoms with Gasteiger partial charge >= 0.3 is 23.9 Å². The molecule has 0 aliphatic rings. The van der Waals surface area contributed by atoms with Crippen LogP contribution in [-0.2, 0) is 120 Å². The lowest BCUT2D eigenvalue weighted by molar-refractivity contribution is -0.143. The molecule has 22 atom stereocenters. The number of carbonyl (C=O) groups excluding carboxylic acids is 21. The molecule has 0 aromatic heterocycles. The second-order valence-electron chi connectivity index (χ2n) is 35.8. The van der Waals surface area contributed by atoms with E-state index in [4.69, 9.17) is 56.7 Å². The number of unbranched alkanes of at least 4 members (excludes halogenated alkanes) is 2. The molecule has 0 aromatic rings. The number of aliphatic carboxylic acids is 4. The van der Waals surface area contributed by atoms with E-state index in [2.05, 4.69) is 101 Å². The van der Waals surface area contributed by atoms with Crippen LogP contribution < -0.4 is 152 Å². The van der Waals surface area contributed by atoms with E-state index in [0.29, 0.717) is 12.2 Å². The maximum Gasteiger partial charge on any atom is 0.326 e. The van der Waals surface area contributed by atoms with E-state index >= 15 is 0 Å². The fourth-order valence-electron chi connectivity index (χ4n) is 13.8. The van der Waals surface area contributed by atoms with Gasteiger partial charge in [-0.05, 0) is 161 Å². The molecule has 62 nitrogen and oxygen atoms in total. The van der Waals surface area contributed by atoms with Gasteiger partial charge in [0.05, 0.1) is 50.5 Å². The number of rotatable bonds is 77. The summed E-state index contributed by atoms with van der Waals surface area (Å²) >= 11 is 1.31. The average Bonchev–Trinajstić information content (AvgIpc) is 0.842. The van der Waals surface area contributed by atoms with Crippen molar-refractivity contribution in [1.29, 1.82) is 10.8 Å². The lowest BCUT2D eigenvalue weighted by Crippen LogP contribution is -2.63. The van der Waals surface area contributed by atoms with Crippen LogP contribution in [-0.4, -0.2) is 367 Å². The Morgan fingerprint density at radius 3 is 0.913 bits per heavy atom. The van der Waals surface area contributed by atoms with Gasteiger partial charge in [-0.3, -0.25) is 126 Å². The van der Waals surface area contributed by atoms with Crippen molar-refractivity contribution in [2.45, 2.75) is 324 Å². The summed E-state index contributed by atoms with van der Waals surface area (Å²) in [6.45, 7) is 10.3. The van der Waals surface area contributed by atoms with Crippen LogP contribution in [0.25, 0.3) is 0 Å². The van der Waals surface area contributed by atoms with E-state index in [-0.39, 0.29) is 103 Å². The molecule has 150 heavy (non-hydrogen) atoms. The third kappa shape index (κ3) is 54.4. The van der Waals surface area contributed by atoms with Crippen LogP contribution in [0, 0.1) is 22.7 Å². The molecule has 0 radical (unpaired) electrons. The lowest BCUT2D eigenvalue weighted by atomic mass is 9.96. The number of nitrogens with one attached hydrogen (secondary N) is 22. The van der Waals surface area contributed by atoms with E-state index in [1.54, 1.807) is 20.1 Å².